The zero-order chi connectivity index (χ0) is 14.2. The van der Waals surface area contributed by atoms with Crippen LogP contribution in [0.5, 0.6) is 5.75 Å². The standard InChI is InChI=1S/C17H26O3/c1-19-17-8-2-5-14(12-17)11-15(13-18)6-3-7-16-9-4-10-20-16/h2,5,8,12,15-16,18H,3-4,6-7,9-11,13H2,1H3. The summed E-state index contributed by atoms with van der Waals surface area (Å²) in [4.78, 5) is 0. The number of methoxy groups -OCH3 is 1. The van der Waals surface area contributed by atoms with E-state index in [1.165, 1.54) is 18.4 Å². The van der Waals surface area contributed by atoms with Crippen molar-refractivity contribution in [3.05, 3.63) is 29.8 Å². The zero-order valence-electron chi connectivity index (χ0n) is 12.4. The zero-order valence-corrected chi connectivity index (χ0v) is 12.4. The summed E-state index contributed by atoms with van der Waals surface area (Å²) in [6.07, 6.45) is 7.13. The molecule has 0 bridgehead atoms. The fourth-order valence-corrected chi connectivity index (χ4v) is 2.90. The highest BCUT2D eigenvalue weighted by Gasteiger charge is 2.16. The lowest BCUT2D eigenvalue weighted by atomic mass is 9.94. The Balaban J connectivity index is 1.75. The van der Waals surface area contributed by atoms with E-state index in [1.54, 1.807) is 7.11 Å². The van der Waals surface area contributed by atoms with Crippen molar-refractivity contribution in [1.82, 2.24) is 0 Å². The van der Waals surface area contributed by atoms with Gasteiger partial charge in [0, 0.05) is 13.2 Å². The van der Waals surface area contributed by atoms with Crippen molar-refractivity contribution in [2.24, 2.45) is 5.92 Å². The van der Waals surface area contributed by atoms with E-state index in [2.05, 4.69) is 12.1 Å². The summed E-state index contributed by atoms with van der Waals surface area (Å²) in [6, 6.07) is 8.12. The van der Waals surface area contributed by atoms with E-state index in [4.69, 9.17) is 9.47 Å². The first kappa shape index (κ1) is 15.3. The maximum Gasteiger partial charge on any atom is 0.119 e. The third-order valence-corrected chi connectivity index (χ3v) is 4.08. The number of ether oxygens (including phenoxy) is 2. The summed E-state index contributed by atoms with van der Waals surface area (Å²) in [6.45, 7) is 1.18. The third kappa shape index (κ3) is 4.80. The Labute approximate surface area is 121 Å². The Morgan fingerprint density at radius 1 is 1.45 bits per heavy atom. The molecule has 1 fully saturated rings. The average Bonchev–Trinajstić information content (AvgIpc) is 2.99. The van der Waals surface area contributed by atoms with Crippen LogP contribution < -0.4 is 4.74 Å². The van der Waals surface area contributed by atoms with Crippen LogP contribution in [0, 0.1) is 5.92 Å². The Morgan fingerprint density at radius 2 is 2.35 bits per heavy atom. The Hall–Kier alpha value is -1.06. The van der Waals surface area contributed by atoms with Gasteiger partial charge in [-0.1, -0.05) is 18.6 Å². The van der Waals surface area contributed by atoms with E-state index in [-0.39, 0.29) is 6.61 Å². The normalized spacial score (nSPS) is 20.0. The SMILES string of the molecule is COc1cccc(CC(CO)CCCC2CCCO2)c1. The van der Waals surface area contributed by atoms with E-state index in [0.717, 1.165) is 38.0 Å². The molecule has 1 heterocycles. The van der Waals surface area contributed by atoms with Crippen molar-refractivity contribution < 1.29 is 14.6 Å². The number of rotatable bonds is 8. The lowest BCUT2D eigenvalue weighted by Gasteiger charge is -2.16. The van der Waals surface area contributed by atoms with Crippen molar-refractivity contribution in [3.63, 3.8) is 0 Å². The van der Waals surface area contributed by atoms with Crippen LogP contribution in [0.1, 0.15) is 37.7 Å². The lowest BCUT2D eigenvalue weighted by molar-refractivity contribution is 0.0990. The second-order valence-corrected chi connectivity index (χ2v) is 5.67. The molecule has 2 unspecified atom stereocenters. The molecule has 0 spiro atoms. The van der Waals surface area contributed by atoms with Crippen LogP contribution >= 0.6 is 0 Å². The van der Waals surface area contributed by atoms with Gasteiger partial charge >= 0.3 is 0 Å². The number of hydrogen-bond donors (Lipinski definition) is 1. The molecule has 0 radical (unpaired) electrons. The molecule has 3 heteroatoms. The van der Waals surface area contributed by atoms with Crippen LogP contribution in [0.15, 0.2) is 24.3 Å². The lowest BCUT2D eigenvalue weighted by Crippen LogP contribution is -2.12. The molecule has 0 saturated carbocycles. The van der Waals surface area contributed by atoms with Crippen LogP contribution in [0.25, 0.3) is 0 Å². The van der Waals surface area contributed by atoms with E-state index in [9.17, 15) is 5.11 Å². The minimum absolute atomic E-state index is 0.253. The van der Waals surface area contributed by atoms with E-state index >= 15 is 0 Å². The highest BCUT2D eigenvalue weighted by atomic mass is 16.5. The second-order valence-electron chi connectivity index (χ2n) is 5.67. The maximum absolute atomic E-state index is 9.54. The van der Waals surface area contributed by atoms with Gasteiger partial charge in [-0.05, 0) is 55.7 Å². The summed E-state index contributed by atoms with van der Waals surface area (Å²) in [7, 11) is 1.68. The Bertz CT molecular complexity index is 386. The number of aliphatic hydroxyl groups is 1. The molecule has 1 aromatic carbocycles. The quantitative estimate of drug-likeness (QED) is 0.793. The summed E-state index contributed by atoms with van der Waals surface area (Å²) in [5.41, 5.74) is 1.24. The van der Waals surface area contributed by atoms with Crippen molar-refractivity contribution in [2.45, 2.75) is 44.6 Å². The average molecular weight is 278 g/mol. The molecule has 0 aromatic heterocycles. The van der Waals surface area contributed by atoms with Crippen molar-refractivity contribution in [2.75, 3.05) is 20.3 Å². The van der Waals surface area contributed by atoms with Gasteiger partial charge in [0.2, 0.25) is 0 Å². The van der Waals surface area contributed by atoms with Crippen LogP contribution in [-0.2, 0) is 11.2 Å². The topological polar surface area (TPSA) is 38.7 Å². The molecule has 1 aliphatic heterocycles. The molecule has 0 amide bonds. The minimum atomic E-state index is 0.253. The molecule has 3 nitrogen and oxygen atoms in total. The van der Waals surface area contributed by atoms with E-state index in [0.29, 0.717) is 12.0 Å². The van der Waals surface area contributed by atoms with Crippen molar-refractivity contribution >= 4 is 0 Å². The summed E-state index contributed by atoms with van der Waals surface area (Å²) < 4.78 is 10.9. The van der Waals surface area contributed by atoms with Crippen molar-refractivity contribution in [3.8, 4) is 5.75 Å². The minimum Gasteiger partial charge on any atom is -0.497 e. The summed E-state index contributed by atoms with van der Waals surface area (Å²) >= 11 is 0. The van der Waals surface area contributed by atoms with Gasteiger partial charge in [0.05, 0.1) is 13.2 Å². The predicted molar refractivity (Wildman–Crippen MR) is 80.1 cm³/mol. The molecular weight excluding hydrogens is 252 g/mol. The summed E-state index contributed by atoms with van der Waals surface area (Å²) in [5, 5.41) is 9.54. The molecular formula is C17H26O3. The fourth-order valence-electron chi connectivity index (χ4n) is 2.90. The van der Waals surface area contributed by atoms with Gasteiger partial charge in [-0.2, -0.15) is 0 Å². The van der Waals surface area contributed by atoms with Gasteiger partial charge in [-0.15, -0.1) is 0 Å². The largest absolute Gasteiger partial charge is 0.497 e. The molecule has 20 heavy (non-hydrogen) atoms. The summed E-state index contributed by atoms with van der Waals surface area (Å²) in [5.74, 6) is 1.22. The van der Waals surface area contributed by atoms with Gasteiger partial charge in [-0.25, -0.2) is 0 Å². The Morgan fingerprint density at radius 3 is 3.05 bits per heavy atom. The van der Waals surface area contributed by atoms with Gasteiger partial charge in [0.15, 0.2) is 0 Å². The molecule has 0 aliphatic carbocycles. The third-order valence-electron chi connectivity index (χ3n) is 4.08. The molecule has 1 aliphatic rings. The van der Waals surface area contributed by atoms with E-state index in [1.807, 2.05) is 12.1 Å². The molecule has 2 atom stereocenters. The van der Waals surface area contributed by atoms with Gasteiger partial charge in [-0.3, -0.25) is 0 Å². The van der Waals surface area contributed by atoms with Crippen LogP contribution in [0.3, 0.4) is 0 Å². The van der Waals surface area contributed by atoms with Gasteiger partial charge in [0.25, 0.3) is 0 Å². The monoisotopic (exact) mass is 278 g/mol. The van der Waals surface area contributed by atoms with Crippen molar-refractivity contribution in [1.29, 1.82) is 0 Å². The number of hydrogen-bond acceptors (Lipinski definition) is 3. The molecule has 112 valence electrons. The maximum atomic E-state index is 9.54. The smallest absolute Gasteiger partial charge is 0.119 e. The highest BCUT2D eigenvalue weighted by Crippen LogP contribution is 2.22. The predicted octanol–water partition coefficient (Wildman–Crippen LogP) is 3.20. The first-order valence-corrected chi connectivity index (χ1v) is 7.67. The highest BCUT2D eigenvalue weighted by molar-refractivity contribution is 5.28. The molecule has 1 aromatic rings. The van der Waals surface area contributed by atoms with Crippen LogP contribution in [0.4, 0.5) is 0 Å². The van der Waals surface area contributed by atoms with Crippen LogP contribution in [0.2, 0.25) is 0 Å². The van der Waals surface area contributed by atoms with Crippen LogP contribution in [-0.4, -0.2) is 31.5 Å². The van der Waals surface area contributed by atoms with Gasteiger partial charge in [0.1, 0.15) is 5.75 Å². The molecule has 1 saturated heterocycles. The first-order valence-electron chi connectivity index (χ1n) is 7.67. The van der Waals surface area contributed by atoms with E-state index < -0.39 is 0 Å². The molecule has 1 N–H and O–H groups in total. The number of aliphatic hydroxyl groups excluding tert-OH is 1. The van der Waals surface area contributed by atoms with Gasteiger partial charge < -0.3 is 14.6 Å². The molecule has 2 rings (SSSR count). The second kappa shape index (κ2) is 8.28. The fraction of sp³-hybridized carbons (Fsp3) is 0.647. The Kier molecular flexibility index (Phi) is 6.34. The number of benzene rings is 1. The first-order chi connectivity index (χ1) is 9.81.